The van der Waals surface area contributed by atoms with Gasteiger partial charge in [0.25, 0.3) is 5.91 Å². The Bertz CT molecular complexity index is 457. The number of aryl methyl sites for hydroxylation is 1. The highest BCUT2D eigenvalue weighted by Gasteiger charge is 2.27. The van der Waals surface area contributed by atoms with E-state index in [-0.39, 0.29) is 5.91 Å². The lowest BCUT2D eigenvalue weighted by Crippen LogP contribution is -2.36. The molecule has 104 valence electrons. The first-order valence-electron chi connectivity index (χ1n) is 7.04. The molecule has 1 saturated heterocycles. The van der Waals surface area contributed by atoms with Crippen molar-refractivity contribution in [2.24, 2.45) is 5.92 Å². The molecule has 2 heterocycles. The van der Waals surface area contributed by atoms with Gasteiger partial charge < -0.3 is 9.80 Å². The molecule has 0 spiro atoms. The van der Waals surface area contributed by atoms with Crippen LogP contribution in [0.4, 0.5) is 0 Å². The van der Waals surface area contributed by atoms with Crippen LogP contribution in [0.3, 0.4) is 0 Å². The lowest BCUT2D eigenvalue weighted by Gasteiger charge is -2.21. The smallest absolute Gasteiger partial charge is 0.275 e. The Kier molecular flexibility index (Phi) is 3.79. The second-order valence-electron chi connectivity index (χ2n) is 5.57. The molecule has 6 heteroatoms. The molecule has 19 heavy (non-hydrogen) atoms. The summed E-state index contributed by atoms with van der Waals surface area (Å²) in [5, 5.41) is 3.96. The summed E-state index contributed by atoms with van der Waals surface area (Å²) in [4.78, 5) is 17.8. The van der Waals surface area contributed by atoms with E-state index in [1.807, 2.05) is 11.8 Å². The second kappa shape index (κ2) is 5.54. The molecule has 0 unspecified atom stereocenters. The van der Waals surface area contributed by atoms with Crippen molar-refractivity contribution in [3.63, 3.8) is 0 Å². The van der Waals surface area contributed by atoms with Crippen molar-refractivity contribution in [1.82, 2.24) is 19.4 Å². The lowest BCUT2D eigenvalue weighted by molar-refractivity contribution is 0.0754. The van der Waals surface area contributed by atoms with Crippen molar-refractivity contribution in [2.75, 3.05) is 32.7 Å². The molecular weight excluding hydrogens is 260 g/mol. The number of hydrogen-bond donors (Lipinski definition) is 0. The molecule has 1 aromatic heterocycles. The molecule has 2 fully saturated rings. The van der Waals surface area contributed by atoms with Gasteiger partial charge in [-0.2, -0.15) is 0 Å². The van der Waals surface area contributed by atoms with Gasteiger partial charge in [0.2, 0.25) is 0 Å². The Morgan fingerprint density at radius 1 is 1.32 bits per heavy atom. The van der Waals surface area contributed by atoms with E-state index in [1.165, 1.54) is 30.9 Å². The molecular formula is C13H20N4OS. The van der Waals surface area contributed by atoms with Crippen LogP contribution in [0.1, 0.15) is 34.6 Å². The predicted molar refractivity (Wildman–Crippen MR) is 74.3 cm³/mol. The van der Waals surface area contributed by atoms with Crippen LogP contribution in [0.5, 0.6) is 0 Å². The van der Waals surface area contributed by atoms with Gasteiger partial charge >= 0.3 is 0 Å². The van der Waals surface area contributed by atoms with E-state index in [1.54, 1.807) is 0 Å². The number of rotatable bonds is 3. The quantitative estimate of drug-likeness (QED) is 0.840. The molecule has 0 radical (unpaired) electrons. The highest BCUT2D eigenvalue weighted by atomic mass is 32.1. The van der Waals surface area contributed by atoms with E-state index >= 15 is 0 Å². The van der Waals surface area contributed by atoms with E-state index in [0.29, 0.717) is 5.69 Å². The molecule has 0 atom stereocenters. The summed E-state index contributed by atoms with van der Waals surface area (Å²) in [6, 6.07) is 0. The van der Waals surface area contributed by atoms with Gasteiger partial charge in [0, 0.05) is 26.2 Å². The standard InChI is InChI=1S/C13H20N4OS/c1-10-12(14-15-19-10)13(18)17-6-2-5-16(7-8-17)9-11-3-4-11/h11H,2-9H2,1H3. The zero-order valence-electron chi connectivity index (χ0n) is 11.3. The highest BCUT2D eigenvalue weighted by Crippen LogP contribution is 2.30. The highest BCUT2D eigenvalue weighted by molar-refractivity contribution is 7.05. The summed E-state index contributed by atoms with van der Waals surface area (Å²) in [5.41, 5.74) is 0.542. The summed E-state index contributed by atoms with van der Waals surface area (Å²) in [7, 11) is 0. The Hall–Kier alpha value is -1.01. The number of amides is 1. The van der Waals surface area contributed by atoms with Gasteiger partial charge in [-0.3, -0.25) is 4.79 Å². The minimum absolute atomic E-state index is 0.0551. The molecule has 1 saturated carbocycles. The van der Waals surface area contributed by atoms with Crippen LogP contribution in [0, 0.1) is 12.8 Å². The van der Waals surface area contributed by atoms with Crippen molar-refractivity contribution >= 4 is 17.4 Å². The minimum Gasteiger partial charge on any atom is -0.336 e. The fraction of sp³-hybridized carbons (Fsp3) is 0.769. The molecule has 0 bridgehead atoms. The summed E-state index contributed by atoms with van der Waals surface area (Å²) in [6.45, 7) is 6.92. The second-order valence-corrected chi connectivity index (χ2v) is 6.53. The third kappa shape index (κ3) is 3.12. The van der Waals surface area contributed by atoms with Crippen molar-refractivity contribution in [3.8, 4) is 0 Å². The fourth-order valence-corrected chi connectivity index (χ4v) is 3.06. The van der Waals surface area contributed by atoms with Crippen LogP contribution in [-0.2, 0) is 0 Å². The largest absolute Gasteiger partial charge is 0.336 e. The molecule has 2 aliphatic rings. The lowest BCUT2D eigenvalue weighted by atomic mass is 10.3. The van der Waals surface area contributed by atoms with Gasteiger partial charge in [-0.05, 0) is 50.2 Å². The molecule has 1 amide bonds. The van der Waals surface area contributed by atoms with E-state index < -0.39 is 0 Å². The topological polar surface area (TPSA) is 49.3 Å². The van der Waals surface area contributed by atoms with E-state index in [2.05, 4.69) is 14.5 Å². The van der Waals surface area contributed by atoms with Gasteiger partial charge in [-0.25, -0.2) is 0 Å². The van der Waals surface area contributed by atoms with Crippen LogP contribution in [-0.4, -0.2) is 58.0 Å². The molecule has 0 aromatic carbocycles. The summed E-state index contributed by atoms with van der Waals surface area (Å²) < 4.78 is 3.86. The number of carbonyl (C=O) groups excluding carboxylic acids is 1. The van der Waals surface area contributed by atoms with Gasteiger partial charge in [0.15, 0.2) is 5.69 Å². The Morgan fingerprint density at radius 3 is 2.84 bits per heavy atom. The molecule has 3 rings (SSSR count). The van der Waals surface area contributed by atoms with Crippen molar-refractivity contribution in [1.29, 1.82) is 0 Å². The van der Waals surface area contributed by atoms with Crippen LogP contribution in [0.15, 0.2) is 0 Å². The van der Waals surface area contributed by atoms with E-state index in [0.717, 1.165) is 43.4 Å². The monoisotopic (exact) mass is 280 g/mol. The van der Waals surface area contributed by atoms with Crippen molar-refractivity contribution in [3.05, 3.63) is 10.6 Å². The fourth-order valence-electron chi connectivity index (χ4n) is 2.60. The Balaban J connectivity index is 1.59. The zero-order chi connectivity index (χ0) is 13.2. The SMILES string of the molecule is Cc1snnc1C(=O)N1CCCN(CC2CC2)CC1. The zero-order valence-corrected chi connectivity index (χ0v) is 12.2. The predicted octanol–water partition coefficient (Wildman–Crippen LogP) is 1.40. The first kappa shape index (κ1) is 13.0. The van der Waals surface area contributed by atoms with Crippen LogP contribution >= 0.6 is 11.5 Å². The molecule has 5 nitrogen and oxygen atoms in total. The average molecular weight is 280 g/mol. The van der Waals surface area contributed by atoms with Gasteiger partial charge in [-0.1, -0.05) is 4.49 Å². The van der Waals surface area contributed by atoms with Crippen molar-refractivity contribution in [2.45, 2.75) is 26.2 Å². The minimum atomic E-state index is 0.0551. The van der Waals surface area contributed by atoms with Crippen LogP contribution in [0.2, 0.25) is 0 Å². The van der Waals surface area contributed by atoms with Gasteiger partial charge in [0.05, 0.1) is 4.88 Å². The van der Waals surface area contributed by atoms with Gasteiger partial charge in [0.1, 0.15) is 0 Å². The number of aromatic nitrogens is 2. The molecule has 1 aliphatic carbocycles. The Morgan fingerprint density at radius 2 is 2.16 bits per heavy atom. The first-order valence-corrected chi connectivity index (χ1v) is 7.82. The first-order chi connectivity index (χ1) is 9.24. The third-order valence-electron chi connectivity index (χ3n) is 3.94. The van der Waals surface area contributed by atoms with Crippen molar-refractivity contribution < 1.29 is 4.79 Å². The average Bonchev–Trinajstić information content (AvgIpc) is 3.16. The Labute approximate surface area is 117 Å². The number of carbonyl (C=O) groups is 1. The molecule has 1 aliphatic heterocycles. The van der Waals surface area contributed by atoms with E-state index in [4.69, 9.17) is 0 Å². The summed E-state index contributed by atoms with van der Waals surface area (Å²) in [6.07, 6.45) is 3.85. The summed E-state index contributed by atoms with van der Waals surface area (Å²) in [5.74, 6) is 0.978. The molecule has 1 aromatic rings. The maximum Gasteiger partial charge on any atom is 0.275 e. The maximum atomic E-state index is 12.4. The van der Waals surface area contributed by atoms with Crippen LogP contribution < -0.4 is 0 Å². The normalized spacial score (nSPS) is 21.4. The maximum absolute atomic E-state index is 12.4. The number of hydrogen-bond acceptors (Lipinski definition) is 5. The third-order valence-corrected chi connectivity index (χ3v) is 4.57. The molecule has 0 N–H and O–H groups in total. The number of nitrogens with zero attached hydrogens (tertiary/aromatic N) is 4. The van der Waals surface area contributed by atoms with Gasteiger partial charge in [-0.15, -0.1) is 5.10 Å². The van der Waals surface area contributed by atoms with Crippen LogP contribution in [0.25, 0.3) is 0 Å². The van der Waals surface area contributed by atoms with E-state index in [9.17, 15) is 4.79 Å². The summed E-state index contributed by atoms with van der Waals surface area (Å²) >= 11 is 1.30.